The molecule has 2 aliphatic heterocycles. The van der Waals surface area contributed by atoms with Crippen LogP contribution in [0.4, 0.5) is 0 Å². The molecule has 0 amide bonds. The molecule has 7 heteroatoms. The summed E-state index contributed by atoms with van der Waals surface area (Å²) in [6, 6.07) is 17.7. The molecule has 1 aromatic heterocycles. The SMILES string of the molecule is COC(=O)c1ccc([C@@H]2Oc3ccc(Br)cc3[C@@H]3CC(c4cccs4)=NN32)cc1. The van der Waals surface area contributed by atoms with Gasteiger partial charge in [0, 0.05) is 22.0 Å². The van der Waals surface area contributed by atoms with Crippen molar-refractivity contribution in [2.24, 2.45) is 5.10 Å². The Kier molecular flexibility index (Phi) is 4.64. The zero-order chi connectivity index (χ0) is 20.0. The second kappa shape index (κ2) is 7.31. The molecule has 2 aliphatic rings. The summed E-state index contributed by atoms with van der Waals surface area (Å²) < 4.78 is 12.2. The third-order valence-electron chi connectivity index (χ3n) is 5.17. The number of rotatable bonds is 3. The molecule has 5 rings (SSSR count). The van der Waals surface area contributed by atoms with Crippen molar-refractivity contribution in [3.63, 3.8) is 0 Å². The molecule has 3 heterocycles. The van der Waals surface area contributed by atoms with Crippen molar-refractivity contribution < 1.29 is 14.3 Å². The van der Waals surface area contributed by atoms with Crippen LogP contribution < -0.4 is 4.74 Å². The molecule has 0 saturated heterocycles. The quantitative estimate of drug-likeness (QED) is 0.473. The first-order valence-corrected chi connectivity index (χ1v) is 10.9. The van der Waals surface area contributed by atoms with Crippen LogP contribution in [0.25, 0.3) is 0 Å². The highest BCUT2D eigenvalue weighted by atomic mass is 79.9. The summed E-state index contributed by atoms with van der Waals surface area (Å²) in [7, 11) is 1.38. The number of hydrogen-bond donors (Lipinski definition) is 0. The molecular formula is C22H17BrN2O3S. The fraction of sp³-hybridized carbons (Fsp3) is 0.182. The zero-order valence-electron chi connectivity index (χ0n) is 15.5. The van der Waals surface area contributed by atoms with Crippen LogP contribution in [-0.4, -0.2) is 23.8 Å². The lowest BCUT2D eigenvalue weighted by Crippen LogP contribution is -2.33. The molecule has 5 nitrogen and oxygen atoms in total. The van der Waals surface area contributed by atoms with Crippen molar-refractivity contribution in [2.45, 2.75) is 18.7 Å². The molecule has 2 atom stereocenters. The Bertz CT molecular complexity index is 1100. The Labute approximate surface area is 180 Å². The Balaban J connectivity index is 1.56. The maximum atomic E-state index is 11.8. The van der Waals surface area contributed by atoms with E-state index >= 15 is 0 Å². The molecule has 0 aliphatic carbocycles. The largest absolute Gasteiger partial charge is 0.465 e. The first kappa shape index (κ1) is 18.4. The van der Waals surface area contributed by atoms with E-state index < -0.39 is 0 Å². The lowest BCUT2D eigenvalue weighted by Gasteiger charge is -2.38. The highest BCUT2D eigenvalue weighted by Gasteiger charge is 2.41. The Morgan fingerprint density at radius 2 is 2.07 bits per heavy atom. The minimum atomic E-state index is -0.363. The van der Waals surface area contributed by atoms with Gasteiger partial charge in [-0.3, -0.25) is 0 Å². The molecule has 3 aromatic rings. The van der Waals surface area contributed by atoms with Crippen molar-refractivity contribution in [2.75, 3.05) is 7.11 Å². The van der Waals surface area contributed by atoms with E-state index in [0.717, 1.165) is 33.5 Å². The van der Waals surface area contributed by atoms with Gasteiger partial charge in [0.15, 0.2) is 0 Å². The van der Waals surface area contributed by atoms with Gasteiger partial charge in [0.1, 0.15) is 5.75 Å². The van der Waals surface area contributed by atoms with Crippen LogP contribution in [0.5, 0.6) is 5.75 Å². The van der Waals surface area contributed by atoms with Gasteiger partial charge in [-0.1, -0.05) is 34.1 Å². The molecule has 0 spiro atoms. The predicted molar refractivity (Wildman–Crippen MR) is 115 cm³/mol. The molecule has 29 heavy (non-hydrogen) atoms. The van der Waals surface area contributed by atoms with E-state index in [1.165, 1.54) is 12.0 Å². The highest BCUT2D eigenvalue weighted by molar-refractivity contribution is 9.10. The van der Waals surface area contributed by atoms with Crippen LogP contribution in [0.1, 0.15) is 45.1 Å². The molecule has 0 fully saturated rings. The lowest BCUT2D eigenvalue weighted by molar-refractivity contribution is -0.0191. The first-order chi connectivity index (χ1) is 14.1. The van der Waals surface area contributed by atoms with Crippen molar-refractivity contribution in [3.8, 4) is 5.75 Å². The lowest BCUT2D eigenvalue weighted by atomic mass is 9.97. The summed E-state index contributed by atoms with van der Waals surface area (Å²) in [5, 5.41) is 9.05. The average molecular weight is 469 g/mol. The van der Waals surface area contributed by atoms with Gasteiger partial charge in [0.25, 0.3) is 0 Å². The fourth-order valence-corrected chi connectivity index (χ4v) is 4.87. The number of methoxy groups -OCH3 is 1. The second-order valence-corrected chi connectivity index (χ2v) is 8.75. The summed E-state index contributed by atoms with van der Waals surface area (Å²) in [6.45, 7) is 0. The smallest absolute Gasteiger partial charge is 0.337 e. The number of esters is 1. The van der Waals surface area contributed by atoms with Crippen LogP contribution >= 0.6 is 27.3 Å². The predicted octanol–water partition coefficient (Wildman–Crippen LogP) is 5.54. The molecule has 0 bridgehead atoms. The summed E-state index contributed by atoms with van der Waals surface area (Å²) in [5.74, 6) is 0.507. The van der Waals surface area contributed by atoms with Gasteiger partial charge in [0.05, 0.1) is 29.3 Å². The normalized spacial score (nSPS) is 19.8. The molecule has 2 aromatic carbocycles. The van der Waals surface area contributed by atoms with Crippen LogP contribution in [0, 0.1) is 0 Å². The number of carbonyl (C=O) groups excluding carboxylic acids is 1. The number of thiophene rings is 1. The standard InChI is InChI=1S/C22H17BrN2O3S/c1-27-22(26)14-6-4-13(5-7-14)21-25-18(12-17(24-25)20-3-2-10-29-20)16-11-15(23)8-9-19(16)28-21/h2-11,18,21H,12H2,1H3/t18-,21-/m0/s1. The van der Waals surface area contributed by atoms with Crippen molar-refractivity contribution in [1.82, 2.24) is 5.01 Å². The summed E-state index contributed by atoms with van der Waals surface area (Å²) in [4.78, 5) is 12.9. The maximum absolute atomic E-state index is 11.8. The van der Waals surface area contributed by atoms with Crippen molar-refractivity contribution in [3.05, 3.63) is 86.0 Å². The minimum Gasteiger partial charge on any atom is -0.465 e. The Morgan fingerprint density at radius 1 is 1.24 bits per heavy atom. The van der Waals surface area contributed by atoms with Gasteiger partial charge >= 0.3 is 5.97 Å². The number of benzene rings is 2. The van der Waals surface area contributed by atoms with E-state index in [9.17, 15) is 4.79 Å². The molecule has 146 valence electrons. The maximum Gasteiger partial charge on any atom is 0.337 e. The van der Waals surface area contributed by atoms with E-state index in [2.05, 4.69) is 33.4 Å². The van der Waals surface area contributed by atoms with Crippen LogP contribution in [0.2, 0.25) is 0 Å². The average Bonchev–Trinajstić information content (AvgIpc) is 3.43. The third-order valence-corrected chi connectivity index (χ3v) is 6.59. The van der Waals surface area contributed by atoms with E-state index in [-0.39, 0.29) is 18.2 Å². The molecule has 0 unspecified atom stereocenters. The van der Waals surface area contributed by atoms with Crippen molar-refractivity contribution >= 4 is 38.9 Å². The van der Waals surface area contributed by atoms with Crippen LogP contribution in [-0.2, 0) is 4.74 Å². The van der Waals surface area contributed by atoms with Gasteiger partial charge in [-0.05, 0) is 41.8 Å². The van der Waals surface area contributed by atoms with Crippen LogP contribution in [0.3, 0.4) is 0 Å². The Morgan fingerprint density at radius 3 is 2.79 bits per heavy atom. The van der Waals surface area contributed by atoms with Gasteiger partial charge in [-0.2, -0.15) is 5.10 Å². The molecule has 0 saturated carbocycles. The molecule has 0 radical (unpaired) electrons. The first-order valence-electron chi connectivity index (χ1n) is 9.18. The van der Waals surface area contributed by atoms with Gasteiger partial charge < -0.3 is 9.47 Å². The van der Waals surface area contributed by atoms with Crippen LogP contribution in [0.15, 0.2) is 69.6 Å². The van der Waals surface area contributed by atoms with Gasteiger partial charge in [-0.15, -0.1) is 11.3 Å². The molecular weight excluding hydrogens is 452 g/mol. The number of carbonyl (C=O) groups is 1. The monoisotopic (exact) mass is 468 g/mol. The van der Waals surface area contributed by atoms with Gasteiger partial charge in [-0.25, -0.2) is 9.80 Å². The minimum absolute atomic E-state index is 0.0960. The van der Waals surface area contributed by atoms with E-state index in [1.807, 2.05) is 35.3 Å². The summed E-state index contributed by atoms with van der Waals surface area (Å²) in [5.41, 5.74) is 3.64. The summed E-state index contributed by atoms with van der Waals surface area (Å²) in [6.07, 6.45) is 0.460. The number of hydrazone groups is 1. The highest BCUT2D eigenvalue weighted by Crippen LogP contribution is 2.48. The number of fused-ring (bicyclic) bond motifs is 3. The molecule has 0 N–H and O–H groups in total. The number of nitrogens with zero attached hydrogens (tertiary/aromatic N) is 2. The number of ether oxygens (including phenoxy) is 2. The van der Waals surface area contributed by atoms with E-state index in [0.29, 0.717) is 5.56 Å². The van der Waals surface area contributed by atoms with E-state index in [1.54, 1.807) is 23.5 Å². The zero-order valence-corrected chi connectivity index (χ0v) is 17.9. The topological polar surface area (TPSA) is 51.1 Å². The Hall–Kier alpha value is -2.64. The van der Waals surface area contributed by atoms with Crippen molar-refractivity contribution in [1.29, 1.82) is 0 Å². The summed E-state index contributed by atoms with van der Waals surface area (Å²) >= 11 is 5.27. The number of hydrogen-bond acceptors (Lipinski definition) is 6. The fourth-order valence-electron chi connectivity index (χ4n) is 3.77. The van der Waals surface area contributed by atoms with E-state index in [4.69, 9.17) is 14.6 Å². The van der Waals surface area contributed by atoms with Gasteiger partial charge in [0.2, 0.25) is 6.23 Å². The third kappa shape index (κ3) is 3.24. The number of halogens is 1. The second-order valence-electron chi connectivity index (χ2n) is 6.89.